The Morgan fingerprint density at radius 1 is 1.22 bits per heavy atom. The van der Waals surface area contributed by atoms with Crippen molar-refractivity contribution in [2.75, 3.05) is 39.3 Å². The molecule has 4 rings (SSSR count). The molecule has 4 heterocycles. The number of nitrogens with zero attached hydrogens (tertiary/aromatic N) is 4. The van der Waals surface area contributed by atoms with Gasteiger partial charge in [-0.15, -0.1) is 11.3 Å². The summed E-state index contributed by atoms with van der Waals surface area (Å²) < 4.78 is 5.61. The van der Waals surface area contributed by atoms with Crippen molar-refractivity contribution in [1.82, 2.24) is 19.7 Å². The molecule has 0 aliphatic carbocycles. The van der Waals surface area contributed by atoms with Crippen molar-refractivity contribution >= 4 is 17.2 Å². The summed E-state index contributed by atoms with van der Waals surface area (Å²) in [6.07, 6.45) is 5.31. The van der Waals surface area contributed by atoms with E-state index in [1.165, 1.54) is 6.42 Å². The third-order valence-corrected chi connectivity index (χ3v) is 6.47. The molecule has 0 N–H and O–H groups in total. The fourth-order valence-corrected chi connectivity index (χ4v) is 4.63. The minimum absolute atomic E-state index is 0.299. The Morgan fingerprint density at radius 3 is 2.78 bits per heavy atom. The van der Waals surface area contributed by atoms with Crippen LogP contribution >= 0.6 is 11.3 Å². The molecule has 2 aromatic rings. The minimum atomic E-state index is 0.299. The molecule has 6 nitrogen and oxygen atoms in total. The molecule has 146 valence electrons. The van der Waals surface area contributed by atoms with Crippen LogP contribution in [0.3, 0.4) is 0 Å². The average molecular weight is 389 g/mol. The average Bonchev–Trinajstić information content (AvgIpc) is 3.35. The van der Waals surface area contributed by atoms with Gasteiger partial charge in [0.25, 0.3) is 0 Å². The minimum Gasteiger partial charge on any atom is -0.444 e. The summed E-state index contributed by atoms with van der Waals surface area (Å²) >= 11 is 1.64. The fraction of sp³-hybridized carbons (Fsp3) is 0.600. The second-order valence-corrected chi connectivity index (χ2v) is 8.55. The van der Waals surface area contributed by atoms with E-state index in [0.29, 0.717) is 24.4 Å². The lowest BCUT2D eigenvalue weighted by Crippen LogP contribution is -2.51. The number of likely N-dealkylation sites (tertiary alicyclic amines) is 1. The maximum atomic E-state index is 12.6. The zero-order valence-electron chi connectivity index (χ0n) is 16.0. The zero-order chi connectivity index (χ0) is 18.6. The van der Waals surface area contributed by atoms with E-state index < -0.39 is 0 Å². The largest absolute Gasteiger partial charge is 0.444 e. The Balaban J connectivity index is 1.24. The van der Waals surface area contributed by atoms with Gasteiger partial charge >= 0.3 is 0 Å². The molecule has 0 bridgehead atoms. The highest BCUT2D eigenvalue weighted by Gasteiger charge is 2.26. The lowest BCUT2D eigenvalue weighted by molar-refractivity contribution is -0.136. The monoisotopic (exact) mass is 388 g/mol. The van der Waals surface area contributed by atoms with E-state index in [1.807, 2.05) is 17.5 Å². The number of aromatic nitrogens is 1. The van der Waals surface area contributed by atoms with E-state index in [4.69, 9.17) is 4.42 Å². The summed E-state index contributed by atoms with van der Waals surface area (Å²) in [4.78, 5) is 25.1. The smallest absolute Gasteiger partial charge is 0.236 e. The van der Waals surface area contributed by atoms with Crippen LogP contribution in [0.2, 0.25) is 0 Å². The van der Waals surface area contributed by atoms with Crippen molar-refractivity contribution < 1.29 is 9.21 Å². The molecule has 2 fully saturated rings. The number of piperazine rings is 1. The highest BCUT2D eigenvalue weighted by molar-refractivity contribution is 7.13. The number of oxazole rings is 1. The molecule has 27 heavy (non-hydrogen) atoms. The summed E-state index contributed by atoms with van der Waals surface area (Å²) in [6, 6.07) is 4.44. The van der Waals surface area contributed by atoms with Gasteiger partial charge in [0, 0.05) is 45.3 Å². The van der Waals surface area contributed by atoms with Crippen LogP contribution in [0.1, 0.15) is 31.9 Å². The van der Waals surface area contributed by atoms with E-state index >= 15 is 0 Å². The molecule has 2 aliphatic heterocycles. The summed E-state index contributed by atoms with van der Waals surface area (Å²) in [6.45, 7) is 8.27. The Bertz CT molecular complexity index is 737. The fourth-order valence-electron chi connectivity index (χ4n) is 3.98. The van der Waals surface area contributed by atoms with Crippen LogP contribution in [-0.2, 0) is 11.3 Å². The topological polar surface area (TPSA) is 52.8 Å². The van der Waals surface area contributed by atoms with Crippen molar-refractivity contribution in [1.29, 1.82) is 0 Å². The molecular weight excluding hydrogens is 360 g/mol. The number of carbonyl (C=O) groups is 1. The first-order chi connectivity index (χ1) is 13.2. The summed E-state index contributed by atoms with van der Waals surface area (Å²) in [5.41, 5.74) is 0.977. The third kappa shape index (κ3) is 4.59. The van der Waals surface area contributed by atoms with E-state index in [1.54, 1.807) is 17.6 Å². The highest BCUT2D eigenvalue weighted by Crippen LogP contribution is 2.24. The van der Waals surface area contributed by atoms with Crippen LogP contribution in [0, 0.1) is 0 Å². The van der Waals surface area contributed by atoms with Gasteiger partial charge in [-0.25, -0.2) is 4.98 Å². The van der Waals surface area contributed by atoms with Gasteiger partial charge in [0.2, 0.25) is 11.8 Å². The van der Waals surface area contributed by atoms with Crippen LogP contribution in [0.15, 0.2) is 28.2 Å². The molecule has 0 radical (unpaired) electrons. The van der Waals surface area contributed by atoms with Crippen LogP contribution < -0.4 is 0 Å². The summed E-state index contributed by atoms with van der Waals surface area (Å²) in [5.74, 6) is 1.01. The van der Waals surface area contributed by atoms with Gasteiger partial charge < -0.3 is 9.32 Å². The molecule has 0 saturated carbocycles. The molecule has 1 atom stereocenters. The molecule has 0 aromatic carbocycles. The Morgan fingerprint density at radius 2 is 2.04 bits per heavy atom. The standard InChI is InChI=1S/C20H28N4O2S/c1-16-5-2-3-7-24(16)19(25)14-23-10-8-22(9-11-23)13-17-15-26-20(21-17)18-6-4-12-27-18/h4,6,12,15-16H,2-3,5,7-11,13-14H2,1H3. The van der Waals surface area contributed by atoms with Crippen LogP contribution in [0.5, 0.6) is 0 Å². The summed E-state index contributed by atoms with van der Waals surface area (Å²) in [5, 5.41) is 2.03. The summed E-state index contributed by atoms with van der Waals surface area (Å²) in [7, 11) is 0. The van der Waals surface area contributed by atoms with Crippen molar-refractivity contribution in [2.45, 2.75) is 38.8 Å². The third-order valence-electron chi connectivity index (χ3n) is 5.62. The SMILES string of the molecule is CC1CCCCN1C(=O)CN1CCN(Cc2coc(-c3cccs3)n2)CC1. The second kappa shape index (κ2) is 8.54. The van der Waals surface area contributed by atoms with E-state index in [9.17, 15) is 4.79 Å². The van der Waals surface area contributed by atoms with Gasteiger partial charge in [0.15, 0.2) is 0 Å². The molecule has 2 aliphatic rings. The first kappa shape index (κ1) is 18.7. The van der Waals surface area contributed by atoms with Crippen molar-refractivity contribution in [3.05, 3.63) is 29.5 Å². The predicted molar refractivity (Wildman–Crippen MR) is 107 cm³/mol. The van der Waals surface area contributed by atoms with Crippen LogP contribution in [-0.4, -0.2) is 70.9 Å². The number of thiophene rings is 1. The highest BCUT2D eigenvalue weighted by atomic mass is 32.1. The lowest BCUT2D eigenvalue weighted by Gasteiger charge is -2.37. The Hall–Kier alpha value is -1.70. The number of amides is 1. The zero-order valence-corrected chi connectivity index (χ0v) is 16.8. The molecule has 0 spiro atoms. The van der Waals surface area contributed by atoms with Gasteiger partial charge in [0.05, 0.1) is 17.1 Å². The molecule has 1 unspecified atom stereocenters. The van der Waals surface area contributed by atoms with Crippen molar-refractivity contribution in [3.63, 3.8) is 0 Å². The van der Waals surface area contributed by atoms with Crippen LogP contribution in [0.25, 0.3) is 10.8 Å². The molecular formula is C20H28N4O2S. The Labute approximate surface area is 164 Å². The maximum Gasteiger partial charge on any atom is 0.236 e. The number of piperidine rings is 1. The first-order valence-electron chi connectivity index (χ1n) is 9.91. The van der Waals surface area contributed by atoms with Gasteiger partial charge in [-0.05, 0) is 37.6 Å². The number of hydrogen-bond donors (Lipinski definition) is 0. The maximum absolute atomic E-state index is 12.6. The van der Waals surface area contributed by atoms with Crippen LogP contribution in [0.4, 0.5) is 0 Å². The van der Waals surface area contributed by atoms with E-state index in [-0.39, 0.29) is 0 Å². The number of carbonyl (C=O) groups excluding carboxylic acids is 1. The van der Waals surface area contributed by atoms with Gasteiger partial charge in [-0.3, -0.25) is 14.6 Å². The van der Waals surface area contributed by atoms with Crippen molar-refractivity contribution in [2.24, 2.45) is 0 Å². The van der Waals surface area contributed by atoms with Crippen molar-refractivity contribution in [3.8, 4) is 10.8 Å². The number of hydrogen-bond acceptors (Lipinski definition) is 6. The first-order valence-corrected chi connectivity index (χ1v) is 10.8. The van der Waals surface area contributed by atoms with Gasteiger partial charge in [-0.1, -0.05) is 6.07 Å². The normalized spacial score (nSPS) is 22.3. The van der Waals surface area contributed by atoms with E-state index in [0.717, 1.165) is 62.7 Å². The molecule has 7 heteroatoms. The van der Waals surface area contributed by atoms with E-state index in [2.05, 4.69) is 26.6 Å². The van der Waals surface area contributed by atoms with Gasteiger partial charge in [-0.2, -0.15) is 0 Å². The Kier molecular flexibility index (Phi) is 5.90. The quantitative estimate of drug-likeness (QED) is 0.788. The second-order valence-electron chi connectivity index (χ2n) is 7.61. The molecule has 1 amide bonds. The molecule has 2 aromatic heterocycles. The lowest BCUT2D eigenvalue weighted by atomic mass is 10.0. The predicted octanol–water partition coefficient (Wildman–Crippen LogP) is 2.92. The molecule has 2 saturated heterocycles. The van der Waals surface area contributed by atoms with Gasteiger partial charge in [0.1, 0.15) is 6.26 Å². The number of rotatable bonds is 5.